The average molecular weight is 274 g/mol. The Bertz CT molecular complexity index is 349. The molecule has 0 aromatic heterocycles. The largest absolute Gasteiger partial charge is 0.861 e. The van der Waals surface area contributed by atoms with Gasteiger partial charge in [0.15, 0.2) is 0 Å². The summed E-state index contributed by atoms with van der Waals surface area (Å²) in [6.45, 7) is 2.00. The molecule has 0 bridgehead atoms. The van der Waals surface area contributed by atoms with Crippen LogP contribution in [0, 0.1) is 0 Å². The summed E-state index contributed by atoms with van der Waals surface area (Å²) in [5.74, 6) is -1.24. The predicted molar refractivity (Wildman–Crippen MR) is 55.8 cm³/mol. The van der Waals surface area contributed by atoms with Crippen molar-refractivity contribution >= 4 is 15.9 Å². The van der Waals surface area contributed by atoms with Crippen molar-refractivity contribution in [2.24, 2.45) is 4.40 Å². The Morgan fingerprint density at radius 2 is 1.71 bits per heavy atom. The lowest BCUT2D eigenvalue weighted by Crippen LogP contribution is -2.26. The Hall–Kier alpha value is -0.790. The van der Waals surface area contributed by atoms with Gasteiger partial charge in [-0.15, -0.1) is 0 Å². The number of hydrogen-bond donors (Lipinski definition) is 0. The van der Waals surface area contributed by atoms with E-state index in [0.717, 1.165) is 19.3 Å². The van der Waals surface area contributed by atoms with E-state index in [2.05, 4.69) is 4.40 Å². The number of rotatable bonds is 7. The molecule has 0 aliphatic heterocycles. The van der Waals surface area contributed by atoms with Gasteiger partial charge in [-0.05, 0) is 18.7 Å². The van der Waals surface area contributed by atoms with Gasteiger partial charge in [0, 0.05) is 0 Å². The normalized spacial score (nSPS) is 14.0. The summed E-state index contributed by atoms with van der Waals surface area (Å²) in [6.07, 6.45) is 3.62. The van der Waals surface area contributed by atoms with Crippen molar-refractivity contribution < 1.29 is 26.7 Å². The van der Waals surface area contributed by atoms with Crippen molar-refractivity contribution in [2.75, 3.05) is 0 Å². The molecular weight excluding hydrogens is 259 g/mol. The predicted octanol–water partition coefficient (Wildman–Crippen LogP) is 1.96. The van der Waals surface area contributed by atoms with Gasteiger partial charge >= 0.3 is 15.5 Å². The van der Waals surface area contributed by atoms with E-state index in [4.69, 9.17) is 0 Å². The lowest BCUT2D eigenvalue weighted by atomic mass is 10.1. The average Bonchev–Trinajstić information content (AvgIpc) is 2.14. The summed E-state index contributed by atoms with van der Waals surface area (Å²) < 4.78 is 58.7. The molecule has 0 aromatic carbocycles. The molecule has 0 spiro atoms. The lowest BCUT2D eigenvalue weighted by molar-refractivity contribution is -0.218. The van der Waals surface area contributed by atoms with Gasteiger partial charge in [-0.25, -0.2) is 0 Å². The van der Waals surface area contributed by atoms with Crippen molar-refractivity contribution in [3.63, 3.8) is 0 Å². The maximum absolute atomic E-state index is 11.8. The molecule has 0 saturated heterocycles. The highest BCUT2D eigenvalue weighted by molar-refractivity contribution is 7.91. The van der Waals surface area contributed by atoms with E-state index >= 15 is 0 Å². The van der Waals surface area contributed by atoms with Gasteiger partial charge in [0.2, 0.25) is 0 Å². The molecule has 17 heavy (non-hydrogen) atoms. The van der Waals surface area contributed by atoms with Gasteiger partial charge < -0.3 is 5.11 Å². The number of unbranched alkanes of at least 4 members (excludes halogenated alkanes) is 4. The summed E-state index contributed by atoms with van der Waals surface area (Å²) in [7, 11) is -5.67. The molecule has 0 atom stereocenters. The topological polar surface area (TPSA) is 69.6 Å². The molecule has 102 valence electrons. The first-order chi connectivity index (χ1) is 7.70. The second-order valence-corrected chi connectivity index (χ2v) is 5.17. The molecule has 0 aromatic rings. The van der Waals surface area contributed by atoms with Gasteiger partial charge in [-0.1, -0.05) is 32.6 Å². The van der Waals surface area contributed by atoms with Crippen LogP contribution in [0.1, 0.15) is 45.4 Å². The molecule has 0 unspecified atom stereocenters. The molecule has 0 aliphatic carbocycles. The smallest absolute Gasteiger partial charge is 0.518 e. The third-order valence-electron chi connectivity index (χ3n) is 2.01. The Balaban J connectivity index is 4.19. The van der Waals surface area contributed by atoms with Crippen LogP contribution in [0.5, 0.6) is 0 Å². The third-order valence-corrected chi connectivity index (χ3v) is 3.04. The van der Waals surface area contributed by atoms with Crippen molar-refractivity contribution in [3.8, 4) is 0 Å². The van der Waals surface area contributed by atoms with E-state index in [0.29, 0.717) is 12.8 Å². The quantitative estimate of drug-likeness (QED) is 0.405. The fourth-order valence-electron chi connectivity index (χ4n) is 1.11. The number of nitrogens with zero attached hydrogens (tertiary/aromatic N) is 1. The molecule has 0 radical (unpaired) electrons. The van der Waals surface area contributed by atoms with E-state index in [9.17, 15) is 26.7 Å². The highest BCUT2D eigenvalue weighted by Crippen LogP contribution is 2.24. The molecule has 0 heterocycles. The highest BCUT2D eigenvalue weighted by atomic mass is 32.2. The minimum Gasteiger partial charge on any atom is -0.861 e. The Labute approximate surface area is 98.6 Å². The van der Waals surface area contributed by atoms with Gasteiger partial charge in [0.05, 0.1) is 0 Å². The number of alkyl halides is 3. The Morgan fingerprint density at radius 3 is 2.18 bits per heavy atom. The van der Waals surface area contributed by atoms with E-state index < -0.39 is 21.4 Å². The summed E-state index contributed by atoms with van der Waals surface area (Å²) in [6, 6.07) is 0. The van der Waals surface area contributed by atoms with Crippen molar-refractivity contribution in [3.05, 3.63) is 0 Å². The van der Waals surface area contributed by atoms with E-state index in [1.54, 1.807) is 0 Å². The van der Waals surface area contributed by atoms with Gasteiger partial charge in [-0.2, -0.15) is 26.0 Å². The standard InChI is InChI=1S/C9H16F3NO3S/c1-2-3-4-5-6-7-8(14)13-17(15,16)9(10,11)12/h2-7H2,1H3,(H,13,14)/p-1. The monoisotopic (exact) mass is 274 g/mol. The summed E-state index contributed by atoms with van der Waals surface area (Å²) in [5.41, 5.74) is -5.50. The van der Waals surface area contributed by atoms with Crippen molar-refractivity contribution in [1.82, 2.24) is 0 Å². The zero-order valence-corrected chi connectivity index (χ0v) is 10.3. The molecule has 0 N–H and O–H groups in total. The number of sulfonamides is 1. The highest BCUT2D eigenvalue weighted by Gasteiger charge is 2.45. The van der Waals surface area contributed by atoms with Crippen LogP contribution < -0.4 is 5.11 Å². The first-order valence-electron chi connectivity index (χ1n) is 5.28. The van der Waals surface area contributed by atoms with Gasteiger partial charge in [0.1, 0.15) is 0 Å². The fraction of sp³-hybridized carbons (Fsp3) is 0.889. The maximum Gasteiger partial charge on any atom is 0.518 e. The van der Waals surface area contributed by atoms with Crippen LogP contribution in [0.4, 0.5) is 13.2 Å². The molecule has 0 amide bonds. The van der Waals surface area contributed by atoms with Crippen LogP contribution in [-0.2, 0) is 10.0 Å². The van der Waals surface area contributed by atoms with Crippen molar-refractivity contribution in [2.45, 2.75) is 51.0 Å². The Kier molecular flexibility index (Phi) is 6.51. The molecule has 0 fully saturated rings. The van der Waals surface area contributed by atoms with Gasteiger partial charge in [0.25, 0.3) is 0 Å². The summed E-state index contributed by atoms with van der Waals surface area (Å²) in [5, 5.41) is 10.9. The van der Waals surface area contributed by atoms with Crippen LogP contribution >= 0.6 is 0 Å². The zero-order chi connectivity index (χ0) is 13.5. The second kappa shape index (κ2) is 6.83. The van der Waals surface area contributed by atoms with E-state index in [-0.39, 0.29) is 6.42 Å². The van der Waals surface area contributed by atoms with E-state index in [1.807, 2.05) is 6.92 Å². The zero-order valence-electron chi connectivity index (χ0n) is 9.46. The van der Waals surface area contributed by atoms with Crippen LogP contribution in [0.3, 0.4) is 0 Å². The summed E-state index contributed by atoms with van der Waals surface area (Å²) in [4.78, 5) is 0. The third kappa shape index (κ3) is 6.50. The molecular formula is C9H15F3NO3S-. The van der Waals surface area contributed by atoms with Crippen LogP contribution in [0.15, 0.2) is 4.40 Å². The number of halogens is 3. The first kappa shape index (κ1) is 16.2. The lowest BCUT2D eigenvalue weighted by Gasteiger charge is -2.11. The summed E-state index contributed by atoms with van der Waals surface area (Å²) >= 11 is 0. The van der Waals surface area contributed by atoms with Crippen LogP contribution in [0.25, 0.3) is 0 Å². The second-order valence-electron chi connectivity index (χ2n) is 3.57. The molecule has 0 rings (SSSR count). The maximum atomic E-state index is 11.8. The van der Waals surface area contributed by atoms with Gasteiger partial charge in [-0.3, -0.25) is 0 Å². The molecule has 0 saturated carbocycles. The minimum atomic E-state index is -5.67. The van der Waals surface area contributed by atoms with E-state index in [1.165, 1.54) is 0 Å². The van der Waals surface area contributed by atoms with Crippen LogP contribution in [0.2, 0.25) is 0 Å². The number of hydrogen-bond acceptors (Lipinski definition) is 3. The fourth-order valence-corrected chi connectivity index (χ4v) is 1.57. The minimum absolute atomic E-state index is 0.265. The molecule has 8 heteroatoms. The molecule has 4 nitrogen and oxygen atoms in total. The first-order valence-corrected chi connectivity index (χ1v) is 6.72. The van der Waals surface area contributed by atoms with Crippen LogP contribution in [-0.4, -0.2) is 19.8 Å². The Morgan fingerprint density at radius 1 is 1.18 bits per heavy atom. The molecule has 0 aliphatic rings. The van der Waals surface area contributed by atoms with Crippen molar-refractivity contribution in [1.29, 1.82) is 0 Å². The SMILES string of the molecule is CCCCCCC/C([O-])=N/S(=O)(=O)C(F)(F)F.